The number of aromatic carboxylic acids is 1. The van der Waals surface area contributed by atoms with E-state index in [1.165, 1.54) is 30.3 Å². The van der Waals surface area contributed by atoms with Crippen LogP contribution in [0.2, 0.25) is 0 Å². The largest absolute Gasteiger partial charge is 0.478 e. The predicted molar refractivity (Wildman–Crippen MR) is 72.5 cm³/mol. The van der Waals surface area contributed by atoms with Crippen molar-refractivity contribution >= 4 is 23.0 Å². The molecule has 110 valence electrons. The molecule has 2 rings (SSSR count). The summed E-state index contributed by atoms with van der Waals surface area (Å²) in [6.45, 7) is 0. The normalized spacial score (nSPS) is 11.2. The third-order valence-electron chi connectivity index (χ3n) is 2.77. The van der Waals surface area contributed by atoms with E-state index in [1.807, 2.05) is 0 Å². The molecule has 2 aromatic rings. The number of nitrogens with two attached hydrogens (primary N) is 1. The molecule has 0 spiro atoms. The molecule has 0 aromatic heterocycles. The Hall–Kier alpha value is -2.70. The van der Waals surface area contributed by atoms with E-state index < -0.39 is 17.7 Å². The first-order chi connectivity index (χ1) is 9.77. The third kappa shape index (κ3) is 3.44. The van der Waals surface area contributed by atoms with Crippen LogP contribution in [0.1, 0.15) is 15.9 Å². The van der Waals surface area contributed by atoms with Crippen LogP contribution in [-0.2, 0) is 6.18 Å². The van der Waals surface area contributed by atoms with Crippen LogP contribution in [0.15, 0.2) is 42.5 Å². The molecule has 0 aliphatic heterocycles. The lowest BCUT2D eigenvalue weighted by Crippen LogP contribution is -2.06. The van der Waals surface area contributed by atoms with Gasteiger partial charge in [0.15, 0.2) is 0 Å². The number of nitrogen functional groups attached to an aromatic ring is 1. The topological polar surface area (TPSA) is 75.3 Å². The van der Waals surface area contributed by atoms with Crippen LogP contribution in [0.25, 0.3) is 0 Å². The van der Waals surface area contributed by atoms with Crippen molar-refractivity contribution in [2.24, 2.45) is 0 Å². The molecule has 4 nitrogen and oxygen atoms in total. The second-order valence-corrected chi connectivity index (χ2v) is 4.31. The molecular formula is C14H11F3N2O2. The van der Waals surface area contributed by atoms with E-state index in [1.54, 1.807) is 0 Å². The lowest BCUT2D eigenvalue weighted by Gasteiger charge is -2.12. The highest BCUT2D eigenvalue weighted by molar-refractivity contribution is 5.96. The smallest absolute Gasteiger partial charge is 0.416 e. The highest BCUT2D eigenvalue weighted by Crippen LogP contribution is 2.31. The molecule has 4 N–H and O–H groups in total. The zero-order valence-electron chi connectivity index (χ0n) is 10.6. The molecule has 0 saturated carbocycles. The van der Waals surface area contributed by atoms with Crippen LogP contribution >= 0.6 is 0 Å². The summed E-state index contributed by atoms with van der Waals surface area (Å²) in [6, 6.07) is 8.51. The predicted octanol–water partition coefficient (Wildman–Crippen LogP) is 3.73. The number of alkyl halides is 3. The van der Waals surface area contributed by atoms with Gasteiger partial charge in [-0.25, -0.2) is 4.79 Å². The van der Waals surface area contributed by atoms with Crippen LogP contribution in [0, 0.1) is 0 Å². The van der Waals surface area contributed by atoms with Crippen LogP contribution in [0.5, 0.6) is 0 Å². The van der Waals surface area contributed by atoms with Gasteiger partial charge in [0.25, 0.3) is 0 Å². The van der Waals surface area contributed by atoms with Crippen LogP contribution in [0.3, 0.4) is 0 Å². The quantitative estimate of drug-likeness (QED) is 0.754. The number of carboxylic acid groups (broad SMARTS) is 1. The first kappa shape index (κ1) is 14.7. The van der Waals surface area contributed by atoms with Crippen molar-refractivity contribution in [2.45, 2.75) is 6.18 Å². The van der Waals surface area contributed by atoms with Crippen molar-refractivity contribution in [2.75, 3.05) is 11.1 Å². The SMILES string of the molecule is Nc1ccc(Nc2ccc(C(F)(F)F)cc2)c(C(=O)O)c1. The Kier molecular flexibility index (Phi) is 3.75. The Balaban J connectivity index is 2.28. The number of benzene rings is 2. The Morgan fingerprint density at radius 2 is 1.71 bits per heavy atom. The van der Waals surface area contributed by atoms with Gasteiger partial charge in [0.2, 0.25) is 0 Å². The summed E-state index contributed by atoms with van der Waals surface area (Å²) in [5.41, 5.74) is 5.55. The van der Waals surface area contributed by atoms with E-state index >= 15 is 0 Å². The molecule has 0 amide bonds. The zero-order chi connectivity index (χ0) is 15.6. The summed E-state index contributed by atoms with van der Waals surface area (Å²) in [5.74, 6) is -1.18. The molecule has 0 unspecified atom stereocenters. The summed E-state index contributed by atoms with van der Waals surface area (Å²) < 4.78 is 37.3. The van der Waals surface area contributed by atoms with Gasteiger partial charge in [-0.2, -0.15) is 13.2 Å². The maximum absolute atomic E-state index is 12.4. The fourth-order valence-corrected chi connectivity index (χ4v) is 1.75. The number of halogens is 3. The number of carboxylic acids is 1. The lowest BCUT2D eigenvalue weighted by molar-refractivity contribution is -0.137. The minimum Gasteiger partial charge on any atom is -0.478 e. The number of carbonyl (C=O) groups is 1. The van der Waals surface area contributed by atoms with Crippen molar-refractivity contribution < 1.29 is 23.1 Å². The van der Waals surface area contributed by atoms with Gasteiger partial charge in [-0.3, -0.25) is 0 Å². The summed E-state index contributed by atoms with van der Waals surface area (Å²) in [5, 5.41) is 11.8. The van der Waals surface area contributed by atoms with E-state index in [4.69, 9.17) is 10.8 Å². The van der Waals surface area contributed by atoms with E-state index in [-0.39, 0.29) is 16.9 Å². The average Bonchev–Trinajstić information content (AvgIpc) is 2.40. The van der Waals surface area contributed by atoms with Crippen molar-refractivity contribution in [1.82, 2.24) is 0 Å². The van der Waals surface area contributed by atoms with E-state index in [0.29, 0.717) is 5.69 Å². The Morgan fingerprint density at radius 1 is 1.10 bits per heavy atom. The van der Waals surface area contributed by atoms with Gasteiger partial charge in [0.05, 0.1) is 16.8 Å². The Bertz CT molecular complexity index is 667. The first-order valence-electron chi connectivity index (χ1n) is 5.84. The summed E-state index contributed by atoms with van der Waals surface area (Å²) in [4.78, 5) is 11.1. The molecule has 2 aromatic carbocycles. The second-order valence-electron chi connectivity index (χ2n) is 4.31. The molecule has 0 aliphatic rings. The summed E-state index contributed by atoms with van der Waals surface area (Å²) in [6.07, 6.45) is -4.41. The fourth-order valence-electron chi connectivity index (χ4n) is 1.75. The molecule has 21 heavy (non-hydrogen) atoms. The zero-order valence-corrected chi connectivity index (χ0v) is 10.6. The third-order valence-corrected chi connectivity index (χ3v) is 2.77. The van der Waals surface area contributed by atoms with Crippen molar-refractivity contribution in [3.63, 3.8) is 0 Å². The van der Waals surface area contributed by atoms with Gasteiger partial charge in [-0.05, 0) is 42.5 Å². The van der Waals surface area contributed by atoms with Gasteiger partial charge >= 0.3 is 12.1 Å². The minimum atomic E-state index is -4.41. The van der Waals surface area contributed by atoms with Crippen molar-refractivity contribution in [3.05, 3.63) is 53.6 Å². The van der Waals surface area contributed by atoms with Crippen LogP contribution in [-0.4, -0.2) is 11.1 Å². The Labute approximate surface area is 118 Å². The van der Waals surface area contributed by atoms with Crippen LogP contribution < -0.4 is 11.1 Å². The molecule has 0 saturated heterocycles. The number of hydrogen-bond donors (Lipinski definition) is 3. The van der Waals surface area contributed by atoms with E-state index in [2.05, 4.69) is 5.32 Å². The number of rotatable bonds is 3. The second kappa shape index (κ2) is 5.35. The monoisotopic (exact) mass is 296 g/mol. The van der Waals surface area contributed by atoms with Crippen LogP contribution in [0.4, 0.5) is 30.2 Å². The van der Waals surface area contributed by atoms with Gasteiger partial charge in [0, 0.05) is 11.4 Å². The number of nitrogens with one attached hydrogen (secondary N) is 1. The summed E-state index contributed by atoms with van der Waals surface area (Å²) in [7, 11) is 0. The highest BCUT2D eigenvalue weighted by atomic mass is 19.4. The lowest BCUT2D eigenvalue weighted by atomic mass is 10.1. The molecule has 0 fully saturated rings. The summed E-state index contributed by atoms with van der Waals surface area (Å²) >= 11 is 0. The highest BCUT2D eigenvalue weighted by Gasteiger charge is 2.29. The van der Waals surface area contributed by atoms with E-state index in [0.717, 1.165) is 12.1 Å². The fraction of sp³-hybridized carbons (Fsp3) is 0.0714. The molecule has 0 radical (unpaired) electrons. The number of anilines is 3. The first-order valence-corrected chi connectivity index (χ1v) is 5.84. The van der Waals surface area contributed by atoms with Crippen molar-refractivity contribution in [3.8, 4) is 0 Å². The maximum Gasteiger partial charge on any atom is 0.416 e. The molecule has 0 aliphatic carbocycles. The molecular weight excluding hydrogens is 285 g/mol. The van der Waals surface area contributed by atoms with Gasteiger partial charge in [-0.15, -0.1) is 0 Å². The molecule has 0 atom stereocenters. The average molecular weight is 296 g/mol. The van der Waals surface area contributed by atoms with E-state index in [9.17, 15) is 18.0 Å². The van der Waals surface area contributed by atoms with Crippen molar-refractivity contribution in [1.29, 1.82) is 0 Å². The van der Waals surface area contributed by atoms with Gasteiger partial charge in [-0.1, -0.05) is 0 Å². The maximum atomic E-state index is 12.4. The standard InChI is InChI=1S/C14H11F3N2O2/c15-14(16,17)8-1-4-10(5-2-8)19-12-6-3-9(18)7-11(12)13(20)21/h1-7,19H,18H2,(H,20,21). The molecule has 7 heteroatoms. The Morgan fingerprint density at radius 3 is 2.24 bits per heavy atom. The minimum absolute atomic E-state index is 0.0603. The number of hydrogen-bond acceptors (Lipinski definition) is 3. The van der Waals surface area contributed by atoms with Gasteiger partial charge in [0.1, 0.15) is 0 Å². The molecule has 0 bridgehead atoms. The van der Waals surface area contributed by atoms with Gasteiger partial charge < -0.3 is 16.2 Å². The molecule has 0 heterocycles.